The Morgan fingerprint density at radius 1 is 1.06 bits per heavy atom. The largest absolute Gasteiger partial charge is 0.489 e. The molecule has 0 saturated carbocycles. The summed E-state index contributed by atoms with van der Waals surface area (Å²) in [6, 6.07) is 16.5. The summed E-state index contributed by atoms with van der Waals surface area (Å²) in [5.41, 5.74) is 3.57. The second-order valence-electron chi connectivity index (χ2n) is 4.30. The van der Waals surface area contributed by atoms with Gasteiger partial charge in [-0.15, -0.1) is 0 Å². The Bertz CT molecular complexity index is 527. The van der Waals surface area contributed by atoms with Gasteiger partial charge in [-0.25, -0.2) is 0 Å². The smallest absolute Gasteiger partial charge is 0.122 e. The Balaban J connectivity index is 2.06. The van der Waals surface area contributed by atoms with Crippen molar-refractivity contribution < 1.29 is 4.74 Å². The minimum atomic E-state index is 0.616. The van der Waals surface area contributed by atoms with Gasteiger partial charge in [0.15, 0.2) is 0 Å². The third-order valence-electron chi connectivity index (χ3n) is 2.80. The minimum absolute atomic E-state index is 0.616. The Hall–Kier alpha value is -2.02. The number of allylic oxidation sites excluding steroid dienone is 1. The second kappa shape index (κ2) is 6.06. The molecular formula is C17H18O. The van der Waals surface area contributed by atoms with Crippen LogP contribution < -0.4 is 4.74 Å². The lowest BCUT2D eigenvalue weighted by atomic mass is 10.1. The fourth-order valence-corrected chi connectivity index (χ4v) is 1.87. The van der Waals surface area contributed by atoms with Crippen LogP contribution in [-0.4, -0.2) is 0 Å². The summed E-state index contributed by atoms with van der Waals surface area (Å²) in [5, 5.41) is 0. The summed E-state index contributed by atoms with van der Waals surface area (Å²) in [5.74, 6) is 0.951. The summed E-state index contributed by atoms with van der Waals surface area (Å²) >= 11 is 0. The van der Waals surface area contributed by atoms with Crippen LogP contribution in [0.15, 0.2) is 54.6 Å². The maximum atomic E-state index is 5.83. The number of benzene rings is 2. The van der Waals surface area contributed by atoms with Crippen molar-refractivity contribution in [3.8, 4) is 5.75 Å². The molecule has 0 saturated heterocycles. The van der Waals surface area contributed by atoms with Crippen LogP contribution in [0.5, 0.6) is 5.75 Å². The molecule has 92 valence electrons. The van der Waals surface area contributed by atoms with Crippen LogP contribution >= 0.6 is 0 Å². The minimum Gasteiger partial charge on any atom is -0.489 e. The first-order chi connectivity index (χ1) is 8.79. The van der Waals surface area contributed by atoms with Crippen LogP contribution in [0, 0.1) is 6.92 Å². The maximum absolute atomic E-state index is 5.83. The lowest BCUT2D eigenvalue weighted by Gasteiger charge is -2.09. The molecule has 0 fully saturated rings. The number of rotatable bonds is 4. The van der Waals surface area contributed by atoms with Gasteiger partial charge in [-0.05, 0) is 42.7 Å². The van der Waals surface area contributed by atoms with E-state index in [0.717, 1.165) is 5.75 Å². The molecule has 0 bridgehead atoms. The third-order valence-corrected chi connectivity index (χ3v) is 2.80. The van der Waals surface area contributed by atoms with E-state index in [2.05, 4.69) is 37.3 Å². The van der Waals surface area contributed by atoms with E-state index < -0.39 is 0 Å². The van der Waals surface area contributed by atoms with Gasteiger partial charge in [0, 0.05) is 0 Å². The Labute approximate surface area is 109 Å². The molecule has 1 heteroatoms. The molecule has 0 heterocycles. The van der Waals surface area contributed by atoms with E-state index in [0.29, 0.717) is 6.61 Å². The van der Waals surface area contributed by atoms with Crippen molar-refractivity contribution in [1.29, 1.82) is 0 Å². The van der Waals surface area contributed by atoms with Crippen molar-refractivity contribution in [2.75, 3.05) is 0 Å². The molecule has 0 radical (unpaired) electrons. The normalized spacial score (nSPS) is 10.8. The van der Waals surface area contributed by atoms with Crippen LogP contribution in [-0.2, 0) is 6.61 Å². The highest BCUT2D eigenvalue weighted by Gasteiger charge is 2.00. The van der Waals surface area contributed by atoms with Gasteiger partial charge in [0.2, 0.25) is 0 Å². The summed E-state index contributed by atoms with van der Waals surface area (Å²) in [6.07, 6.45) is 4.13. The lowest BCUT2D eigenvalue weighted by molar-refractivity contribution is 0.304. The molecule has 0 aromatic heterocycles. The van der Waals surface area contributed by atoms with Crippen LogP contribution in [0.4, 0.5) is 0 Å². The van der Waals surface area contributed by atoms with Gasteiger partial charge in [-0.1, -0.05) is 48.6 Å². The van der Waals surface area contributed by atoms with Crippen molar-refractivity contribution in [2.24, 2.45) is 0 Å². The van der Waals surface area contributed by atoms with Gasteiger partial charge in [-0.3, -0.25) is 0 Å². The van der Waals surface area contributed by atoms with Crippen LogP contribution in [0.3, 0.4) is 0 Å². The zero-order chi connectivity index (χ0) is 12.8. The van der Waals surface area contributed by atoms with Crippen molar-refractivity contribution >= 4 is 6.08 Å². The van der Waals surface area contributed by atoms with E-state index >= 15 is 0 Å². The summed E-state index contributed by atoms with van der Waals surface area (Å²) < 4.78 is 5.83. The molecule has 0 aliphatic rings. The molecule has 0 aliphatic heterocycles. The fraction of sp³-hybridized carbons (Fsp3) is 0.176. The van der Waals surface area contributed by atoms with Crippen molar-refractivity contribution in [3.05, 3.63) is 71.3 Å². The molecular weight excluding hydrogens is 220 g/mol. The van der Waals surface area contributed by atoms with Gasteiger partial charge < -0.3 is 4.74 Å². The molecule has 2 aromatic rings. The Morgan fingerprint density at radius 3 is 2.50 bits per heavy atom. The number of hydrogen-bond acceptors (Lipinski definition) is 1. The van der Waals surface area contributed by atoms with E-state index in [-0.39, 0.29) is 0 Å². The predicted molar refractivity (Wildman–Crippen MR) is 76.7 cm³/mol. The molecule has 1 nitrogen and oxygen atoms in total. The van der Waals surface area contributed by atoms with E-state index in [1.807, 2.05) is 37.3 Å². The number of hydrogen-bond donors (Lipinski definition) is 0. The molecule has 0 spiro atoms. The van der Waals surface area contributed by atoms with Crippen LogP contribution in [0.2, 0.25) is 0 Å². The fourth-order valence-electron chi connectivity index (χ4n) is 1.87. The van der Waals surface area contributed by atoms with Crippen molar-refractivity contribution in [2.45, 2.75) is 20.5 Å². The van der Waals surface area contributed by atoms with E-state index in [9.17, 15) is 0 Å². The first-order valence-electron chi connectivity index (χ1n) is 6.19. The SMILES string of the molecule is C/C=C\c1ccc(OCc2ccccc2)c(C)c1. The van der Waals surface area contributed by atoms with Gasteiger partial charge in [0.05, 0.1) is 0 Å². The lowest BCUT2D eigenvalue weighted by Crippen LogP contribution is -1.96. The van der Waals surface area contributed by atoms with Crippen LogP contribution in [0.25, 0.3) is 6.08 Å². The van der Waals surface area contributed by atoms with Gasteiger partial charge in [0.1, 0.15) is 12.4 Å². The van der Waals surface area contributed by atoms with Gasteiger partial charge in [0.25, 0.3) is 0 Å². The van der Waals surface area contributed by atoms with E-state index in [1.165, 1.54) is 16.7 Å². The van der Waals surface area contributed by atoms with E-state index in [1.54, 1.807) is 0 Å². The molecule has 18 heavy (non-hydrogen) atoms. The first-order valence-corrected chi connectivity index (χ1v) is 6.19. The average Bonchev–Trinajstić information content (AvgIpc) is 2.39. The number of ether oxygens (including phenoxy) is 1. The first kappa shape index (κ1) is 12.4. The summed E-state index contributed by atoms with van der Waals surface area (Å²) in [6.45, 7) is 4.72. The van der Waals surface area contributed by atoms with Crippen molar-refractivity contribution in [3.63, 3.8) is 0 Å². The average molecular weight is 238 g/mol. The summed E-state index contributed by atoms with van der Waals surface area (Å²) in [7, 11) is 0. The van der Waals surface area contributed by atoms with E-state index in [4.69, 9.17) is 4.74 Å². The molecule has 0 amide bonds. The summed E-state index contributed by atoms with van der Waals surface area (Å²) in [4.78, 5) is 0. The van der Waals surface area contributed by atoms with Crippen molar-refractivity contribution in [1.82, 2.24) is 0 Å². The molecule has 0 unspecified atom stereocenters. The number of aryl methyl sites for hydroxylation is 1. The van der Waals surface area contributed by atoms with Gasteiger partial charge in [-0.2, -0.15) is 0 Å². The quantitative estimate of drug-likeness (QED) is 0.756. The second-order valence-corrected chi connectivity index (χ2v) is 4.30. The molecule has 2 aromatic carbocycles. The van der Waals surface area contributed by atoms with Crippen LogP contribution in [0.1, 0.15) is 23.6 Å². The standard InChI is InChI=1S/C17H18O/c1-3-7-15-10-11-17(14(2)12-15)18-13-16-8-5-4-6-9-16/h3-12H,13H2,1-2H3/b7-3-. The molecule has 0 aliphatic carbocycles. The monoisotopic (exact) mass is 238 g/mol. The highest BCUT2D eigenvalue weighted by Crippen LogP contribution is 2.21. The topological polar surface area (TPSA) is 9.23 Å². The Morgan fingerprint density at radius 2 is 1.83 bits per heavy atom. The molecule has 0 N–H and O–H groups in total. The highest BCUT2D eigenvalue weighted by atomic mass is 16.5. The molecule has 0 atom stereocenters. The highest BCUT2D eigenvalue weighted by molar-refractivity contribution is 5.52. The maximum Gasteiger partial charge on any atom is 0.122 e. The molecule has 2 rings (SSSR count). The predicted octanol–water partition coefficient (Wildman–Crippen LogP) is 4.61. The third kappa shape index (κ3) is 3.24. The zero-order valence-electron chi connectivity index (χ0n) is 10.9. The zero-order valence-corrected chi connectivity index (χ0v) is 10.9. The Kier molecular flexibility index (Phi) is 4.19. The van der Waals surface area contributed by atoms with Gasteiger partial charge >= 0.3 is 0 Å².